The number of nitrogens with one attached hydrogen (secondary N) is 2. The number of carbonyl (C=O) groups excluding carboxylic acids is 1. The highest BCUT2D eigenvalue weighted by atomic mass is 35.5. The van der Waals surface area contributed by atoms with E-state index in [0.29, 0.717) is 5.76 Å². The molecule has 1 aromatic carbocycles. The Labute approximate surface area is 148 Å². The smallest absolute Gasteiger partial charge is 0.289 e. The summed E-state index contributed by atoms with van der Waals surface area (Å²) >= 11 is 5.65. The van der Waals surface area contributed by atoms with Crippen LogP contribution in [-0.4, -0.2) is 25.8 Å². The summed E-state index contributed by atoms with van der Waals surface area (Å²) in [6.45, 7) is 1.14. The molecule has 2 aromatic rings. The van der Waals surface area contributed by atoms with Gasteiger partial charge in [-0.05, 0) is 31.2 Å². The first-order valence-corrected chi connectivity index (χ1v) is 8.83. The average Bonchev–Trinajstić information content (AvgIpc) is 3.07. The number of benzene rings is 1. The molecular weight excluding hydrogens is 374 g/mol. The first-order chi connectivity index (χ1) is 11.7. The van der Waals surface area contributed by atoms with Gasteiger partial charge in [0.2, 0.25) is 15.9 Å². The monoisotopic (exact) mass is 387 g/mol. The predicted octanol–water partition coefficient (Wildman–Crippen LogP) is 2.00. The second kappa shape index (κ2) is 7.64. The van der Waals surface area contributed by atoms with E-state index in [1.165, 1.54) is 6.26 Å². The summed E-state index contributed by atoms with van der Waals surface area (Å²) in [5, 5.41) is 13.2. The molecule has 0 spiro atoms. The molecule has 0 aliphatic heterocycles. The average molecular weight is 388 g/mol. The highest BCUT2D eigenvalue weighted by Gasteiger charge is 2.21. The van der Waals surface area contributed by atoms with Gasteiger partial charge in [-0.15, -0.1) is 0 Å². The Bertz CT molecular complexity index is 882. The fourth-order valence-electron chi connectivity index (χ4n) is 1.94. The van der Waals surface area contributed by atoms with E-state index in [2.05, 4.69) is 10.0 Å². The molecule has 134 valence electrons. The zero-order valence-electron chi connectivity index (χ0n) is 12.9. The van der Waals surface area contributed by atoms with E-state index in [1.54, 1.807) is 19.1 Å². The third-order valence-corrected chi connectivity index (χ3v) is 4.91. The molecule has 0 unspecified atom stereocenters. The minimum absolute atomic E-state index is 0.186. The zero-order valence-corrected chi connectivity index (χ0v) is 14.5. The Kier molecular flexibility index (Phi) is 5.77. The molecule has 0 aliphatic carbocycles. The van der Waals surface area contributed by atoms with Crippen LogP contribution in [0.5, 0.6) is 0 Å². The number of nitro groups is 1. The van der Waals surface area contributed by atoms with Gasteiger partial charge in [-0.2, -0.15) is 0 Å². The normalized spacial score (nSPS) is 12.6. The Morgan fingerprint density at radius 1 is 1.40 bits per heavy atom. The van der Waals surface area contributed by atoms with Crippen LogP contribution in [0.15, 0.2) is 45.9 Å². The Balaban J connectivity index is 2.03. The van der Waals surface area contributed by atoms with Crippen LogP contribution >= 0.6 is 11.6 Å². The van der Waals surface area contributed by atoms with Gasteiger partial charge in [0.25, 0.3) is 5.69 Å². The van der Waals surface area contributed by atoms with Gasteiger partial charge in [-0.1, -0.05) is 11.6 Å². The van der Waals surface area contributed by atoms with Gasteiger partial charge >= 0.3 is 0 Å². The van der Waals surface area contributed by atoms with Crippen molar-refractivity contribution < 1.29 is 22.6 Å². The SMILES string of the molecule is C[C@H](NC(=O)CNS(=O)(=O)c1ccc(Cl)c([N+](=O)[O-])c1)c1ccco1. The fourth-order valence-corrected chi connectivity index (χ4v) is 3.13. The molecule has 0 saturated carbocycles. The van der Waals surface area contributed by atoms with E-state index < -0.39 is 39.1 Å². The number of nitrogens with zero attached hydrogens (tertiary/aromatic N) is 1. The van der Waals surface area contributed by atoms with Crippen molar-refractivity contribution in [2.24, 2.45) is 0 Å². The molecule has 0 saturated heterocycles. The summed E-state index contributed by atoms with van der Waals surface area (Å²) in [6, 6.07) is 5.93. The molecule has 0 aliphatic rings. The molecule has 1 atom stereocenters. The minimum atomic E-state index is -4.12. The lowest BCUT2D eigenvalue weighted by molar-refractivity contribution is -0.384. The van der Waals surface area contributed by atoms with Gasteiger partial charge < -0.3 is 9.73 Å². The number of hydrogen-bond acceptors (Lipinski definition) is 6. The van der Waals surface area contributed by atoms with E-state index >= 15 is 0 Å². The predicted molar refractivity (Wildman–Crippen MR) is 88.6 cm³/mol. The van der Waals surface area contributed by atoms with Crippen molar-refractivity contribution in [2.45, 2.75) is 17.9 Å². The number of furan rings is 1. The van der Waals surface area contributed by atoms with Gasteiger partial charge in [0.15, 0.2) is 0 Å². The van der Waals surface area contributed by atoms with E-state index in [4.69, 9.17) is 16.0 Å². The van der Waals surface area contributed by atoms with Crippen LogP contribution in [0.1, 0.15) is 18.7 Å². The molecular formula is C14H14ClN3O6S. The van der Waals surface area contributed by atoms with Crippen molar-refractivity contribution >= 4 is 33.2 Å². The van der Waals surface area contributed by atoms with Crippen LogP contribution in [0.25, 0.3) is 0 Å². The molecule has 25 heavy (non-hydrogen) atoms. The standard InChI is InChI=1S/C14H14ClN3O6S/c1-9(13-3-2-6-24-13)17-14(19)8-16-25(22,23)10-4-5-11(15)12(7-10)18(20)21/h2-7,9,16H,8H2,1H3,(H,17,19)/t9-/m0/s1. The second-order valence-corrected chi connectivity index (χ2v) is 7.17. The molecule has 0 fully saturated rings. The minimum Gasteiger partial charge on any atom is -0.467 e. The van der Waals surface area contributed by atoms with Gasteiger partial charge in [0, 0.05) is 6.07 Å². The topological polar surface area (TPSA) is 132 Å². The number of sulfonamides is 1. The molecule has 11 heteroatoms. The lowest BCUT2D eigenvalue weighted by Crippen LogP contribution is -2.37. The quantitative estimate of drug-likeness (QED) is 0.551. The van der Waals surface area contributed by atoms with E-state index in [-0.39, 0.29) is 9.92 Å². The molecule has 2 rings (SSSR count). The van der Waals surface area contributed by atoms with Gasteiger partial charge in [0.1, 0.15) is 10.8 Å². The Morgan fingerprint density at radius 2 is 2.12 bits per heavy atom. The summed E-state index contributed by atoms with van der Waals surface area (Å²) in [5.41, 5.74) is -0.541. The van der Waals surface area contributed by atoms with Crippen molar-refractivity contribution in [1.82, 2.24) is 10.0 Å². The van der Waals surface area contributed by atoms with Gasteiger partial charge in [0.05, 0.1) is 28.7 Å². The molecule has 9 nitrogen and oxygen atoms in total. The molecule has 0 radical (unpaired) electrons. The Hall–Kier alpha value is -2.43. The number of amides is 1. The maximum Gasteiger partial charge on any atom is 0.289 e. The summed E-state index contributed by atoms with van der Waals surface area (Å²) in [4.78, 5) is 21.5. The zero-order chi connectivity index (χ0) is 18.6. The highest BCUT2D eigenvalue weighted by Crippen LogP contribution is 2.26. The van der Waals surface area contributed by atoms with Crippen LogP contribution in [0.3, 0.4) is 0 Å². The van der Waals surface area contributed by atoms with Crippen LogP contribution in [0.2, 0.25) is 5.02 Å². The summed E-state index contributed by atoms with van der Waals surface area (Å²) in [5.74, 6) is -0.0690. The molecule has 1 aromatic heterocycles. The number of carbonyl (C=O) groups is 1. The van der Waals surface area contributed by atoms with Crippen LogP contribution in [0.4, 0.5) is 5.69 Å². The molecule has 1 heterocycles. The second-order valence-electron chi connectivity index (χ2n) is 5.00. The van der Waals surface area contributed by atoms with Crippen molar-refractivity contribution in [1.29, 1.82) is 0 Å². The highest BCUT2D eigenvalue weighted by molar-refractivity contribution is 7.89. The van der Waals surface area contributed by atoms with Crippen LogP contribution in [-0.2, 0) is 14.8 Å². The third-order valence-electron chi connectivity index (χ3n) is 3.19. The first-order valence-electron chi connectivity index (χ1n) is 6.97. The van der Waals surface area contributed by atoms with Crippen molar-refractivity contribution in [3.05, 3.63) is 57.5 Å². The van der Waals surface area contributed by atoms with E-state index in [0.717, 1.165) is 18.2 Å². The number of nitro benzene ring substituents is 1. The van der Waals surface area contributed by atoms with Crippen molar-refractivity contribution in [3.63, 3.8) is 0 Å². The lowest BCUT2D eigenvalue weighted by Gasteiger charge is -2.12. The van der Waals surface area contributed by atoms with Crippen LogP contribution in [0, 0.1) is 10.1 Å². The summed E-state index contributed by atoms with van der Waals surface area (Å²) < 4.78 is 31.5. The fraction of sp³-hybridized carbons (Fsp3) is 0.214. The van der Waals surface area contributed by atoms with Gasteiger partial charge in [-0.3, -0.25) is 14.9 Å². The Morgan fingerprint density at radius 3 is 2.72 bits per heavy atom. The molecule has 0 bridgehead atoms. The maximum absolute atomic E-state index is 12.2. The first kappa shape index (κ1) is 18.9. The summed E-state index contributed by atoms with van der Waals surface area (Å²) in [6.07, 6.45) is 1.45. The van der Waals surface area contributed by atoms with Crippen LogP contribution < -0.4 is 10.0 Å². The molecule has 2 N–H and O–H groups in total. The number of hydrogen-bond donors (Lipinski definition) is 2. The largest absolute Gasteiger partial charge is 0.467 e. The lowest BCUT2D eigenvalue weighted by atomic mass is 10.2. The van der Waals surface area contributed by atoms with Gasteiger partial charge in [-0.25, -0.2) is 13.1 Å². The third kappa shape index (κ3) is 4.78. The van der Waals surface area contributed by atoms with E-state index in [9.17, 15) is 23.3 Å². The van der Waals surface area contributed by atoms with E-state index in [1.807, 2.05) is 0 Å². The van der Waals surface area contributed by atoms with Crippen molar-refractivity contribution in [3.8, 4) is 0 Å². The number of halogens is 1. The summed E-state index contributed by atoms with van der Waals surface area (Å²) in [7, 11) is -4.12. The number of rotatable bonds is 7. The molecule has 1 amide bonds. The van der Waals surface area contributed by atoms with Crippen molar-refractivity contribution in [2.75, 3.05) is 6.54 Å². The maximum atomic E-state index is 12.2.